The van der Waals surface area contributed by atoms with E-state index in [-0.39, 0.29) is 11.7 Å². The molecule has 1 aromatic rings. The van der Waals surface area contributed by atoms with Gasteiger partial charge in [0, 0.05) is 0 Å². The molecule has 2 atom stereocenters. The number of hydrogen-bond acceptors (Lipinski definition) is 3. The molecular formula is C17H26O3S. The highest BCUT2D eigenvalue weighted by molar-refractivity contribution is 7.92. The van der Waals surface area contributed by atoms with Gasteiger partial charge in [-0.2, -0.15) is 0 Å². The first-order valence-corrected chi connectivity index (χ1v) is 9.36. The topological polar surface area (TPSA) is 54.4 Å². The van der Waals surface area contributed by atoms with Crippen LogP contribution in [0.2, 0.25) is 0 Å². The van der Waals surface area contributed by atoms with Crippen LogP contribution in [0.15, 0.2) is 24.3 Å². The lowest BCUT2D eigenvalue weighted by atomic mass is 9.91. The molecule has 2 unspecified atom stereocenters. The summed E-state index contributed by atoms with van der Waals surface area (Å²) in [5.41, 5.74) is 2.18. The predicted octanol–water partition coefficient (Wildman–Crippen LogP) is 3.28. The molecule has 0 aliphatic heterocycles. The van der Waals surface area contributed by atoms with Crippen LogP contribution in [0.3, 0.4) is 0 Å². The molecule has 4 heteroatoms. The van der Waals surface area contributed by atoms with Crippen molar-refractivity contribution in [3.8, 4) is 0 Å². The summed E-state index contributed by atoms with van der Waals surface area (Å²) in [5, 5.41) is 10.6. The standard InChI is InChI=1S/C17H26O3S/c1-17(2,3)21(19,20)12-11-14-9-6-8-13-7-4-5-10-15(13)16(14)18/h4-5,7,10,14,16,18H,6,8-9,11-12H2,1-3H3. The van der Waals surface area contributed by atoms with Crippen molar-refractivity contribution in [2.45, 2.75) is 57.3 Å². The predicted molar refractivity (Wildman–Crippen MR) is 86.0 cm³/mol. The first kappa shape index (κ1) is 16.5. The Morgan fingerprint density at radius 1 is 1.24 bits per heavy atom. The van der Waals surface area contributed by atoms with Crippen LogP contribution in [0, 0.1) is 5.92 Å². The summed E-state index contributed by atoms with van der Waals surface area (Å²) in [5.74, 6) is 0.186. The summed E-state index contributed by atoms with van der Waals surface area (Å²) in [4.78, 5) is 0. The Kier molecular flexibility index (Phi) is 4.79. The molecule has 21 heavy (non-hydrogen) atoms. The number of hydrogen-bond donors (Lipinski definition) is 1. The zero-order valence-corrected chi connectivity index (χ0v) is 14.0. The Labute approximate surface area is 128 Å². The number of rotatable bonds is 3. The Morgan fingerprint density at radius 2 is 1.90 bits per heavy atom. The molecule has 0 radical (unpaired) electrons. The van der Waals surface area contributed by atoms with E-state index in [0.29, 0.717) is 6.42 Å². The first-order chi connectivity index (χ1) is 9.72. The molecule has 0 amide bonds. The molecule has 0 spiro atoms. The highest BCUT2D eigenvalue weighted by Crippen LogP contribution is 2.35. The van der Waals surface area contributed by atoms with Gasteiger partial charge in [-0.25, -0.2) is 8.42 Å². The quantitative estimate of drug-likeness (QED) is 0.872. The smallest absolute Gasteiger partial charge is 0.155 e. The first-order valence-electron chi connectivity index (χ1n) is 7.70. The lowest BCUT2D eigenvalue weighted by Crippen LogP contribution is -2.31. The summed E-state index contributed by atoms with van der Waals surface area (Å²) in [7, 11) is -3.12. The van der Waals surface area contributed by atoms with E-state index < -0.39 is 20.7 Å². The number of aryl methyl sites for hydroxylation is 1. The van der Waals surface area contributed by atoms with E-state index in [1.165, 1.54) is 5.56 Å². The molecule has 0 fully saturated rings. The molecule has 1 N–H and O–H groups in total. The van der Waals surface area contributed by atoms with Crippen molar-refractivity contribution in [1.29, 1.82) is 0 Å². The van der Waals surface area contributed by atoms with Crippen molar-refractivity contribution in [2.24, 2.45) is 5.92 Å². The van der Waals surface area contributed by atoms with Crippen LogP contribution in [0.1, 0.15) is 57.3 Å². The maximum absolute atomic E-state index is 12.3. The Balaban J connectivity index is 2.12. The minimum atomic E-state index is -3.12. The van der Waals surface area contributed by atoms with Crippen LogP contribution in [-0.2, 0) is 16.3 Å². The van der Waals surface area contributed by atoms with Crippen molar-refractivity contribution < 1.29 is 13.5 Å². The van der Waals surface area contributed by atoms with Gasteiger partial charge < -0.3 is 5.11 Å². The average molecular weight is 310 g/mol. The maximum atomic E-state index is 12.3. The van der Waals surface area contributed by atoms with Crippen molar-refractivity contribution >= 4 is 9.84 Å². The maximum Gasteiger partial charge on any atom is 0.155 e. The van der Waals surface area contributed by atoms with Gasteiger partial charge in [0.1, 0.15) is 0 Å². The van der Waals surface area contributed by atoms with Gasteiger partial charge in [-0.3, -0.25) is 0 Å². The summed E-state index contributed by atoms with van der Waals surface area (Å²) in [6.45, 7) is 5.21. The summed E-state index contributed by atoms with van der Waals surface area (Å²) < 4.78 is 23.8. The SMILES string of the molecule is CC(C)(C)S(=O)(=O)CCC1CCCc2ccccc2C1O. The second kappa shape index (κ2) is 6.09. The van der Waals surface area contributed by atoms with Gasteiger partial charge in [-0.1, -0.05) is 24.3 Å². The van der Waals surface area contributed by atoms with E-state index in [2.05, 4.69) is 6.07 Å². The highest BCUT2D eigenvalue weighted by atomic mass is 32.2. The van der Waals surface area contributed by atoms with Gasteiger partial charge in [0.05, 0.1) is 16.6 Å². The van der Waals surface area contributed by atoms with Crippen molar-refractivity contribution in [2.75, 3.05) is 5.75 Å². The van der Waals surface area contributed by atoms with E-state index in [1.807, 2.05) is 18.2 Å². The second-order valence-corrected chi connectivity index (χ2v) is 9.88. The van der Waals surface area contributed by atoms with Gasteiger partial charge in [-0.15, -0.1) is 0 Å². The van der Waals surface area contributed by atoms with Crippen LogP contribution in [0.4, 0.5) is 0 Å². The van der Waals surface area contributed by atoms with Crippen molar-refractivity contribution in [1.82, 2.24) is 0 Å². The Morgan fingerprint density at radius 3 is 2.57 bits per heavy atom. The van der Waals surface area contributed by atoms with Gasteiger partial charge in [0.2, 0.25) is 0 Å². The van der Waals surface area contributed by atoms with Gasteiger partial charge in [0.25, 0.3) is 0 Å². The third-order valence-corrected chi connectivity index (χ3v) is 7.17. The minimum absolute atomic E-state index is 0.0331. The highest BCUT2D eigenvalue weighted by Gasteiger charge is 2.32. The third-order valence-electron chi connectivity index (χ3n) is 4.53. The molecular weight excluding hydrogens is 284 g/mol. The summed E-state index contributed by atoms with van der Waals surface area (Å²) in [6.07, 6.45) is 2.85. The molecule has 2 rings (SSSR count). The molecule has 1 aromatic carbocycles. The van der Waals surface area contributed by atoms with Gasteiger partial charge >= 0.3 is 0 Å². The van der Waals surface area contributed by atoms with Gasteiger partial charge in [0.15, 0.2) is 9.84 Å². The van der Waals surface area contributed by atoms with Crippen molar-refractivity contribution in [3.05, 3.63) is 35.4 Å². The van der Waals surface area contributed by atoms with E-state index in [4.69, 9.17) is 0 Å². The molecule has 0 aromatic heterocycles. The van der Waals surface area contributed by atoms with E-state index >= 15 is 0 Å². The van der Waals surface area contributed by atoms with Crippen LogP contribution >= 0.6 is 0 Å². The van der Waals surface area contributed by atoms with E-state index in [1.54, 1.807) is 20.8 Å². The van der Waals surface area contributed by atoms with Crippen molar-refractivity contribution in [3.63, 3.8) is 0 Å². The molecule has 0 saturated heterocycles. The number of sulfone groups is 1. The van der Waals surface area contributed by atoms with E-state index in [9.17, 15) is 13.5 Å². The Bertz CT molecular complexity index is 584. The van der Waals surface area contributed by atoms with Crippen LogP contribution < -0.4 is 0 Å². The normalized spacial score (nSPS) is 23.4. The monoisotopic (exact) mass is 310 g/mol. The molecule has 118 valence electrons. The minimum Gasteiger partial charge on any atom is -0.388 e. The molecule has 0 bridgehead atoms. The van der Waals surface area contributed by atoms with Gasteiger partial charge in [-0.05, 0) is 63.5 Å². The molecule has 0 saturated carbocycles. The fourth-order valence-corrected chi connectivity index (χ4v) is 4.16. The number of aliphatic hydroxyl groups is 1. The van der Waals surface area contributed by atoms with E-state index in [0.717, 1.165) is 24.8 Å². The lowest BCUT2D eigenvalue weighted by molar-refractivity contribution is 0.103. The zero-order chi connectivity index (χ0) is 15.7. The number of benzene rings is 1. The number of aliphatic hydroxyl groups excluding tert-OH is 1. The second-order valence-electron chi connectivity index (χ2n) is 7.02. The summed E-state index contributed by atoms with van der Waals surface area (Å²) >= 11 is 0. The zero-order valence-electron chi connectivity index (χ0n) is 13.2. The number of fused-ring (bicyclic) bond motifs is 1. The molecule has 3 nitrogen and oxygen atoms in total. The summed E-state index contributed by atoms with van der Waals surface area (Å²) in [6, 6.07) is 7.97. The fraction of sp³-hybridized carbons (Fsp3) is 0.647. The lowest BCUT2D eigenvalue weighted by Gasteiger charge is -2.24. The Hall–Kier alpha value is -0.870. The van der Waals surface area contributed by atoms with Crippen LogP contribution in [-0.4, -0.2) is 24.0 Å². The third kappa shape index (κ3) is 3.67. The largest absolute Gasteiger partial charge is 0.388 e. The fourth-order valence-electron chi connectivity index (χ4n) is 2.93. The van der Waals surface area contributed by atoms with Crippen LogP contribution in [0.25, 0.3) is 0 Å². The molecule has 1 aliphatic carbocycles. The average Bonchev–Trinajstić information content (AvgIpc) is 2.55. The molecule has 0 heterocycles. The van der Waals surface area contributed by atoms with Crippen LogP contribution in [0.5, 0.6) is 0 Å². The molecule has 1 aliphatic rings.